The monoisotopic (exact) mass is 274 g/mol. The molecule has 0 aromatic carbocycles. The number of aliphatic hydroxyl groups is 1. The maximum Gasteiger partial charge on any atom is 0.200 e. The van der Waals surface area contributed by atoms with E-state index in [1.165, 1.54) is 0 Å². The van der Waals surface area contributed by atoms with Gasteiger partial charge in [0.1, 0.15) is 6.10 Å². The Labute approximate surface area is 113 Å². The van der Waals surface area contributed by atoms with E-state index in [0.29, 0.717) is 29.8 Å². The van der Waals surface area contributed by atoms with Gasteiger partial charge >= 0.3 is 0 Å². The molecule has 0 aromatic rings. The molecule has 3 nitrogen and oxygen atoms in total. The van der Waals surface area contributed by atoms with Crippen LogP contribution in [0.3, 0.4) is 0 Å². The molecule has 0 bridgehead atoms. The van der Waals surface area contributed by atoms with Gasteiger partial charge in [-0.05, 0) is 23.0 Å². The normalized spacial score (nSPS) is 25.7. The third-order valence-corrected chi connectivity index (χ3v) is 10.5. The highest BCUT2D eigenvalue weighted by Crippen LogP contribution is 2.42. The molecule has 0 spiro atoms. The quantitative estimate of drug-likeness (QED) is 0.755. The van der Waals surface area contributed by atoms with Gasteiger partial charge in [-0.3, -0.25) is 0 Å². The zero-order valence-corrected chi connectivity index (χ0v) is 13.8. The van der Waals surface area contributed by atoms with Gasteiger partial charge in [-0.1, -0.05) is 41.5 Å². The maximum absolute atomic E-state index is 9.81. The van der Waals surface area contributed by atoms with Crippen molar-refractivity contribution in [3.05, 3.63) is 0 Å². The smallest absolute Gasteiger partial charge is 0.200 e. The van der Waals surface area contributed by atoms with Gasteiger partial charge in [0.25, 0.3) is 0 Å². The summed E-state index contributed by atoms with van der Waals surface area (Å²) in [7, 11) is -1.82. The summed E-state index contributed by atoms with van der Waals surface area (Å²) in [5.74, 6) is 0. The Hall–Kier alpha value is 0.0969. The van der Waals surface area contributed by atoms with E-state index in [4.69, 9.17) is 9.16 Å². The topological polar surface area (TPSA) is 38.7 Å². The predicted octanol–water partition coefficient (Wildman–Crippen LogP) is 3.33. The molecule has 1 saturated heterocycles. The van der Waals surface area contributed by atoms with Crippen LogP contribution in [0.15, 0.2) is 0 Å². The lowest BCUT2D eigenvalue weighted by atomic mass is 10.2. The third-order valence-electron chi connectivity index (χ3n) is 4.38. The zero-order valence-electron chi connectivity index (χ0n) is 12.8. The lowest BCUT2D eigenvalue weighted by molar-refractivity contribution is 0.00643. The fourth-order valence-electron chi connectivity index (χ4n) is 3.52. The van der Waals surface area contributed by atoms with Crippen LogP contribution in [0, 0.1) is 0 Å². The van der Waals surface area contributed by atoms with Gasteiger partial charge in [-0.25, -0.2) is 0 Å². The van der Waals surface area contributed by atoms with Crippen LogP contribution in [-0.4, -0.2) is 38.8 Å². The van der Waals surface area contributed by atoms with E-state index in [-0.39, 0.29) is 12.2 Å². The highest BCUT2D eigenvalue weighted by Gasteiger charge is 2.46. The Morgan fingerprint density at radius 3 is 1.94 bits per heavy atom. The summed E-state index contributed by atoms with van der Waals surface area (Å²) in [6, 6.07) is 0. The van der Waals surface area contributed by atoms with Crippen molar-refractivity contribution in [3.63, 3.8) is 0 Å². The molecule has 108 valence electrons. The van der Waals surface area contributed by atoms with Crippen molar-refractivity contribution in [2.24, 2.45) is 0 Å². The van der Waals surface area contributed by atoms with Gasteiger partial charge in [0.2, 0.25) is 0 Å². The first-order valence-electron chi connectivity index (χ1n) is 7.26. The molecular weight excluding hydrogens is 244 g/mol. The highest BCUT2D eigenvalue weighted by molar-refractivity contribution is 6.77. The Balaban J connectivity index is 2.72. The number of rotatable bonds is 6. The molecular formula is C14H30O3Si. The minimum atomic E-state index is -1.82. The number of hydrogen-bond donors (Lipinski definition) is 1. The number of aliphatic hydroxyl groups excluding tert-OH is 1. The van der Waals surface area contributed by atoms with Crippen molar-refractivity contribution in [1.29, 1.82) is 0 Å². The second-order valence-corrected chi connectivity index (χ2v) is 11.9. The molecule has 0 aliphatic carbocycles. The SMILES string of the molecule is CC(C)[Si](OCC1OCCC1O)(C(C)C)C(C)C. The summed E-state index contributed by atoms with van der Waals surface area (Å²) in [6.45, 7) is 14.9. The summed E-state index contributed by atoms with van der Waals surface area (Å²) < 4.78 is 12.0. The molecule has 2 atom stereocenters. The van der Waals surface area contributed by atoms with E-state index in [1.807, 2.05) is 0 Å². The second-order valence-electron chi connectivity index (χ2n) is 6.39. The van der Waals surface area contributed by atoms with Crippen LogP contribution in [-0.2, 0) is 9.16 Å². The van der Waals surface area contributed by atoms with Crippen molar-refractivity contribution >= 4 is 8.32 Å². The lowest BCUT2D eigenvalue weighted by Crippen LogP contribution is -2.49. The van der Waals surface area contributed by atoms with E-state index in [1.54, 1.807) is 0 Å². The molecule has 1 rings (SSSR count). The fourth-order valence-corrected chi connectivity index (χ4v) is 8.98. The molecule has 0 saturated carbocycles. The molecule has 1 fully saturated rings. The molecule has 1 N–H and O–H groups in total. The summed E-state index contributed by atoms with van der Waals surface area (Å²) >= 11 is 0. The van der Waals surface area contributed by atoms with Crippen LogP contribution >= 0.6 is 0 Å². The Kier molecular flexibility index (Phi) is 5.84. The zero-order chi connectivity index (χ0) is 13.9. The minimum Gasteiger partial charge on any atom is -0.413 e. The molecule has 4 heteroatoms. The van der Waals surface area contributed by atoms with Gasteiger partial charge in [-0.15, -0.1) is 0 Å². The molecule has 0 aromatic heterocycles. The minimum absolute atomic E-state index is 0.117. The average molecular weight is 274 g/mol. The van der Waals surface area contributed by atoms with E-state index < -0.39 is 8.32 Å². The predicted molar refractivity (Wildman–Crippen MR) is 77.4 cm³/mol. The van der Waals surface area contributed by atoms with Crippen molar-refractivity contribution < 1.29 is 14.3 Å². The van der Waals surface area contributed by atoms with Crippen molar-refractivity contribution in [2.45, 2.75) is 76.8 Å². The number of ether oxygens (including phenoxy) is 1. The first-order chi connectivity index (χ1) is 8.32. The standard InChI is InChI=1S/C14H30O3Si/c1-10(2)18(11(3)4,12(5)6)17-9-14-13(15)7-8-16-14/h10-15H,7-9H2,1-6H3. The molecule has 18 heavy (non-hydrogen) atoms. The van der Waals surface area contributed by atoms with Gasteiger partial charge in [0, 0.05) is 6.61 Å². The molecule has 1 heterocycles. The van der Waals surface area contributed by atoms with E-state index in [0.717, 1.165) is 6.42 Å². The van der Waals surface area contributed by atoms with Crippen molar-refractivity contribution in [2.75, 3.05) is 13.2 Å². The van der Waals surface area contributed by atoms with Gasteiger partial charge in [0.15, 0.2) is 8.32 Å². The Morgan fingerprint density at radius 1 is 1.11 bits per heavy atom. The Bertz CT molecular complexity index is 232. The van der Waals surface area contributed by atoms with Crippen molar-refractivity contribution in [1.82, 2.24) is 0 Å². The van der Waals surface area contributed by atoms with Crippen LogP contribution in [0.4, 0.5) is 0 Å². The van der Waals surface area contributed by atoms with Crippen LogP contribution in [0.2, 0.25) is 16.6 Å². The average Bonchev–Trinajstić information content (AvgIpc) is 2.63. The largest absolute Gasteiger partial charge is 0.413 e. The fraction of sp³-hybridized carbons (Fsp3) is 1.00. The van der Waals surface area contributed by atoms with Gasteiger partial charge < -0.3 is 14.3 Å². The number of hydrogen-bond acceptors (Lipinski definition) is 3. The van der Waals surface area contributed by atoms with Crippen LogP contribution in [0.25, 0.3) is 0 Å². The van der Waals surface area contributed by atoms with E-state index in [2.05, 4.69) is 41.5 Å². The molecule has 1 aliphatic rings. The summed E-state index contributed by atoms with van der Waals surface area (Å²) in [5.41, 5.74) is 1.74. The summed E-state index contributed by atoms with van der Waals surface area (Å²) in [6.07, 6.45) is 0.282. The van der Waals surface area contributed by atoms with Crippen molar-refractivity contribution in [3.8, 4) is 0 Å². The van der Waals surface area contributed by atoms with Crippen LogP contribution in [0.1, 0.15) is 48.0 Å². The summed E-state index contributed by atoms with van der Waals surface area (Å²) in [4.78, 5) is 0. The highest BCUT2D eigenvalue weighted by atomic mass is 28.4. The van der Waals surface area contributed by atoms with Crippen LogP contribution in [0.5, 0.6) is 0 Å². The molecule has 1 aliphatic heterocycles. The van der Waals surface area contributed by atoms with Crippen LogP contribution < -0.4 is 0 Å². The third kappa shape index (κ3) is 3.16. The second kappa shape index (κ2) is 6.50. The van der Waals surface area contributed by atoms with Gasteiger partial charge in [0.05, 0.1) is 12.7 Å². The molecule has 2 unspecified atom stereocenters. The first kappa shape index (κ1) is 16.2. The maximum atomic E-state index is 9.81. The lowest BCUT2D eigenvalue weighted by Gasteiger charge is -2.42. The Morgan fingerprint density at radius 2 is 1.61 bits per heavy atom. The molecule has 0 radical (unpaired) electrons. The molecule has 0 amide bonds. The van der Waals surface area contributed by atoms with E-state index in [9.17, 15) is 5.11 Å². The summed E-state index contributed by atoms with van der Waals surface area (Å²) in [5, 5.41) is 9.81. The van der Waals surface area contributed by atoms with E-state index >= 15 is 0 Å². The van der Waals surface area contributed by atoms with Gasteiger partial charge in [-0.2, -0.15) is 0 Å². The first-order valence-corrected chi connectivity index (χ1v) is 9.40.